The van der Waals surface area contributed by atoms with E-state index < -0.39 is 12.6 Å². The van der Waals surface area contributed by atoms with Gasteiger partial charge in [0.2, 0.25) is 0 Å². The Balaban J connectivity index is 2.64. The first-order valence-corrected chi connectivity index (χ1v) is 4.00. The molecule has 0 saturated heterocycles. The highest BCUT2D eigenvalue weighted by Gasteiger charge is 2.29. The van der Waals surface area contributed by atoms with E-state index in [1.54, 1.807) is 0 Å². The number of alkyl halides is 3. The Morgan fingerprint density at radius 2 is 2.17 bits per heavy atom. The van der Waals surface area contributed by atoms with Crippen LogP contribution < -0.4 is 0 Å². The molecule has 0 unspecified atom stereocenters. The van der Waals surface area contributed by atoms with Crippen LogP contribution in [0.2, 0.25) is 0 Å². The Hall–Kier alpha value is -0.620. The van der Waals surface area contributed by atoms with Crippen molar-refractivity contribution in [2.75, 3.05) is 0 Å². The Kier molecular flexibility index (Phi) is 2.69. The minimum atomic E-state index is -4.22. The summed E-state index contributed by atoms with van der Waals surface area (Å²) in [5, 5.41) is 9.92. The lowest BCUT2D eigenvalue weighted by atomic mass is 10.4. The van der Waals surface area contributed by atoms with Gasteiger partial charge in [0.1, 0.15) is 5.01 Å². The zero-order valence-corrected chi connectivity index (χ0v) is 6.74. The lowest BCUT2D eigenvalue weighted by Crippen LogP contribution is -2.11. The normalized spacial score (nSPS) is 12.0. The van der Waals surface area contributed by atoms with Gasteiger partial charge >= 0.3 is 6.18 Å². The molecule has 1 rings (SSSR count). The summed E-state index contributed by atoms with van der Waals surface area (Å²) in [6.07, 6.45) is -5.23. The Labute approximate surface area is 70.7 Å². The molecule has 0 amide bonds. The van der Waals surface area contributed by atoms with Crippen molar-refractivity contribution in [2.45, 2.75) is 19.2 Å². The van der Waals surface area contributed by atoms with E-state index in [2.05, 4.69) is 4.98 Å². The molecule has 1 N–H and O–H groups in total. The van der Waals surface area contributed by atoms with Gasteiger partial charge in [-0.15, -0.1) is 11.3 Å². The third-order valence-corrected chi connectivity index (χ3v) is 2.01. The quantitative estimate of drug-likeness (QED) is 0.783. The third kappa shape index (κ3) is 2.78. The van der Waals surface area contributed by atoms with E-state index in [1.807, 2.05) is 0 Å². The first-order valence-electron chi connectivity index (χ1n) is 3.12. The second kappa shape index (κ2) is 3.40. The van der Waals surface area contributed by atoms with Crippen LogP contribution in [0.4, 0.5) is 13.2 Å². The molecule has 0 saturated carbocycles. The predicted octanol–water partition coefficient (Wildman–Crippen LogP) is 1.74. The number of thiazole rings is 1. The van der Waals surface area contributed by atoms with Crippen LogP contribution in [0.15, 0.2) is 5.38 Å². The topological polar surface area (TPSA) is 33.1 Å². The summed E-state index contributed by atoms with van der Waals surface area (Å²) in [4.78, 5) is 3.56. The van der Waals surface area contributed by atoms with Crippen molar-refractivity contribution in [3.63, 3.8) is 0 Å². The van der Waals surface area contributed by atoms with Crippen LogP contribution in [-0.4, -0.2) is 16.3 Å². The molecule has 0 aliphatic rings. The van der Waals surface area contributed by atoms with Gasteiger partial charge in [0.25, 0.3) is 0 Å². The van der Waals surface area contributed by atoms with Gasteiger partial charge < -0.3 is 5.11 Å². The van der Waals surface area contributed by atoms with E-state index in [1.165, 1.54) is 5.38 Å². The van der Waals surface area contributed by atoms with Gasteiger partial charge in [-0.3, -0.25) is 0 Å². The molecule has 68 valence electrons. The second-order valence-electron chi connectivity index (χ2n) is 2.18. The van der Waals surface area contributed by atoms with Crippen molar-refractivity contribution >= 4 is 11.3 Å². The van der Waals surface area contributed by atoms with Crippen molar-refractivity contribution in [1.29, 1.82) is 0 Å². The third-order valence-electron chi connectivity index (χ3n) is 1.11. The maximum absolute atomic E-state index is 11.8. The molecule has 0 bridgehead atoms. The van der Waals surface area contributed by atoms with Crippen LogP contribution in [0.3, 0.4) is 0 Å². The van der Waals surface area contributed by atoms with E-state index in [-0.39, 0.29) is 11.6 Å². The van der Waals surface area contributed by atoms with E-state index in [9.17, 15) is 13.2 Å². The molecule has 0 aliphatic heterocycles. The van der Waals surface area contributed by atoms with Crippen molar-refractivity contribution < 1.29 is 18.3 Å². The first-order chi connectivity index (χ1) is 5.51. The summed E-state index contributed by atoms with van der Waals surface area (Å²) in [5.41, 5.74) is 0.291. The zero-order valence-electron chi connectivity index (χ0n) is 5.93. The molecule has 0 aliphatic carbocycles. The highest BCUT2D eigenvalue weighted by atomic mass is 32.1. The van der Waals surface area contributed by atoms with Crippen LogP contribution in [0.5, 0.6) is 0 Å². The van der Waals surface area contributed by atoms with Crippen molar-refractivity contribution in [1.82, 2.24) is 4.98 Å². The number of hydrogen-bond acceptors (Lipinski definition) is 3. The summed E-state index contributed by atoms with van der Waals surface area (Å²) in [6, 6.07) is 0. The molecule has 0 fully saturated rings. The summed E-state index contributed by atoms with van der Waals surface area (Å²) >= 11 is 0.910. The van der Waals surface area contributed by atoms with Gasteiger partial charge in [-0.25, -0.2) is 4.98 Å². The first kappa shape index (κ1) is 9.47. The van der Waals surface area contributed by atoms with Crippen LogP contribution in [0.1, 0.15) is 10.7 Å². The largest absolute Gasteiger partial charge is 0.395 e. The molecular formula is C6H6F3NOS. The number of nitrogens with zero attached hydrogens (tertiary/aromatic N) is 1. The van der Waals surface area contributed by atoms with Crippen molar-refractivity contribution in [2.24, 2.45) is 0 Å². The average molecular weight is 197 g/mol. The molecule has 12 heavy (non-hydrogen) atoms. The number of aliphatic hydroxyl groups is 1. The highest BCUT2D eigenvalue weighted by Crippen LogP contribution is 2.23. The molecule has 1 aromatic heterocycles. The van der Waals surface area contributed by atoms with E-state index in [0.29, 0.717) is 5.69 Å². The Morgan fingerprint density at radius 1 is 1.50 bits per heavy atom. The Bertz CT molecular complexity index is 258. The maximum atomic E-state index is 11.8. The lowest BCUT2D eigenvalue weighted by molar-refractivity contribution is -0.127. The molecule has 1 aromatic rings. The predicted molar refractivity (Wildman–Crippen MR) is 37.8 cm³/mol. The van der Waals surface area contributed by atoms with Gasteiger partial charge in [0, 0.05) is 5.38 Å². The molecule has 0 aromatic carbocycles. The molecule has 6 heteroatoms. The molecular weight excluding hydrogens is 191 g/mol. The molecule has 1 heterocycles. The smallest absolute Gasteiger partial charge is 0.390 e. The second-order valence-corrected chi connectivity index (χ2v) is 3.13. The monoisotopic (exact) mass is 197 g/mol. The van der Waals surface area contributed by atoms with Gasteiger partial charge in [-0.2, -0.15) is 13.2 Å². The number of hydrogen-bond donors (Lipinski definition) is 1. The van der Waals surface area contributed by atoms with Gasteiger partial charge in [-0.05, 0) is 0 Å². The van der Waals surface area contributed by atoms with Crippen LogP contribution >= 0.6 is 11.3 Å². The number of rotatable bonds is 2. The van der Waals surface area contributed by atoms with Gasteiger partial charge in [0.15, 0.2) is 0 Å². The Morgan fingerprint density at radius 3 is 2.58 bits per heavy atom. The van der Waals surface area contributed by atoms with E-state index >= 15 is 0 Å². The summed E-state index contributed by atoms with van der Waals surface area (Å²) < 4.78 is 35.3. The standard InChI is InChI=1S/C6H6F3NOS/c7-6(8,9)1-5-10-4(2-11)3-12-5/h3,11H,1-2H2. The van der Waals surface area contributed by atoms with Crippen LogP contribution in [0, 0.1) is 0 Å². The molecule has 2 nitrogen and oxygen atoms in total. The lowest BCUT2D eigenvalue weighted by Gasteiger charge is -2.01. The SMILES string of the molecule is OCc1csc(CC(F)(F)F)n1. The van der Waals surface area contributed by atoms with Gasteiger partial charge in [0.05, 0.1) is 18.7 Å². The number of aromatic nitrogens is 1. The molecule has 0 atom stereocenters. The average Bonchev–Trinajstić information content (AvgIpc) is 2.32. The molecule has 0 spiro atoms. The fourth-order valence-corrected chi connectivity index (χ4v) is 1.49. The highest BCUT2D eigenvalue weighted by molar-refractivity contribution is 7.09. The van der Waals surface area contributed by atoms with E-state index in [4.69, 9.17) is 5.11 Å². The summed E-state index contributed by atoms with van der Waals surface area (Å²) in [5.74, 6) is 0. The van der Waals surface area contributed by atoms with E-state index in [0.717, 1.165) is 11.3 Å². The molecule has 0 radical (unpaired) electrons. The number of aliphatic hydroxyl groups excluding tert-OH is 1. The van der Waals surface area contributed by atoms with Crippen molar-refractivity contribution in [3.05, 3.63) is 16.1 Å². The zero-order chi connectivity index (χ0) is 9.19. The van der Waals surface area contributed by atoms with Crippen LogP contribution in [-0.2, 0) is 13.0 Å². The fourth-order valence-electron chi connectivity index (χ4n) is 0.674. The number of halogens is 3. The minimum absolute atomic E-state index is 0.00782. The van der Waals surface area contributed by atoms with Crippen molar-refractivity contribution in [3.8, 4) is 0 Å². The summed E-state index contributed by atoms with van der Waals surface area (Å²) in [6.45, 7) is -0.311. The van der Waals surface area contributed by atoms with Crippen LogP contribution in [0.25, 0.3) is 0 Å². The summed E-state index contributed by atoms with van der Waals surface area (Å²) in [7, 11) is 0. The maximum Gasteiger partial charge on any atom is 0.395 e. The minimum Gasteiger partial charge on any atom is -0.390 e. The van der Waals surface area contributed by atoms with Gasteiger partial charge in [-0.1, -0.05) is 0 Å². The fraction of sp³-hybridized carbons (Fsp3) is 0.500.